The van der Waals surface area contributed by atoms with Crippen LogP contribution in [0.25, 0.3) is 44.7 Å². The molecule has 3 amide bonds. The predicted octanol–water partition coefficient (Wildman–Crippen LogP) is 6.57. The molecule has 2 aromatic carbocycles. The number of methoxy groups -OCH3 is 2. The lowest BCUT2D eigenvalue weighted by atomic mass is 10.0. The van der Waals surface area contributed by atoms with Crippen LogP contribution in [0.1, 0.15) is 90.0 Å². The zero-order valence-corrected chi connectivity index (χ0v) is 35.1. The first-order chi connectivity index (χ1) is 28.4. The number of imidazole rings is 2. The van der Waals surface area contributed by atoms with Gasteiger partial charge in [-0.3, -0.25) is 24.4 Å². The number of likely N-dealkylation sites (tertiary alicyclic amines) is 2. The molecule has 0 radical (unpaired) electrons. The molecule has 16 nitrogen and oxygen atoms in total. The van der Waals surface area contributed by atoms with E-state index >= 15 is 0 Å². The van der Waals surface area contributed by atoms with Crippen molar-refractivity contribution in [3.8, 4) is 33.9 Å². The summed E-state index contributed by atoms with van der Waals surface area (Å²) >= 11 is 0. The van der Waals surface area contributed by atoms with Crippen LogP contribution in [0.2, 0.25) is 0 Å². The zero-order valence-electron chi connectivity index (χ0n) is 35.1. The predicted molar refractivity (Wildman–Crippen MR) is 226 cm³/mol. The summed E-state index contributed by atoms with van der Waals surface area (Å²) in [5, 5.41) is 2.22. The minimum atomic E-state index is -0.745. The highest BCUT2D eigenvalue weighted by molar-refractivity contribution is 5.90. The van der Waals surface area contributed by atoms with Crippen LogP contribution >= 0.6 is 0 Å². The molecule has 6 N–H and O–H groups in total. The van der Waals surface area contributed by atoms with Crippen LogP contribution in [-0.4, -0.2) is 98.4 Å². The van der Waals surface area contributed by atoms with Gasteiger partial charge >= 0.3 is 6.09 Å². The summed E-state index contributed by atoms with van der Waals surface area (Å²) in [6.45, 7) is 10.3. The van der Waals surface area contributed by atoms with Gasteiger partial charge in [-0.05, 0) is 67.5 Å². The van der Waals surface area contributed by atoms with E-state index in [2.05, 4.69) is 100.0 Å². The van der Waals surface area contributed by atoms with Crippen LogP contribution in [0.3, 0.4) is 0 Å². The number of ether oxygens (including phenoxy) is 2. The third-order valence-electron chi connectivity index (χ3n) is 9.81. The summed E-state index contributed by atoms with van der Waals surface area (Å²) < 4.78 is 7.75. The van der Waals surface area contributed by atoms with Crippen LogP contribution in [-0.2, 0) is 23.9 Å². The molecular weight excluding hydrogens is 753 g/mol. The lowest BCUT2D eigenvalue weighted by Gasteiger charge is -2.24. The van der Waals surface area contributed by atoms with E-state index in [-0.39, 0.29) is 23.9 Å². The molecule has 7 rings (SSSR count). The largest absolute Gasteiger partial charge is 0.471 e. The van der Waals surface area contributed by atoms with E-state index in [1.165, 1.54) is 21.3 Å². The maximum absolute atomic E-state index is 12.8. The zero-order chi connectivity index (χ0) is 43.1. The molecule has 59 heavy (non-hydrogen) atoms. The molecule has 2 aliphatic rings. The third kappa shape index (κ3) is 12.2. The number of fused-ring (bicyclic) bond motifs is 1. The quantitative estimate of drug-likeness (QED) is 0.110. The van der Waals surface area contributed by atoms with Crippen molar-refractivity contribution in [2.75, 3.05) is 34.4 Å². The fourth-order valence-electron chi connectivity index (χ4n) is 7.11. The molecule has 3 aromatic heterocycles. The molecule has 5 heterocycles. The Morgan fingerprint density at radius 1 is 0.729 bits per heavy atom. The van der Waals surface area contributed by atoms with E-state index in [4.69, 9.17) is 19.7 Å². The van der Waals surface area contributed by atoms with Crippen molar-refractivity contribution in [1.29, 1.82) is 0 Å². The van der Waals surface area contributed by atoms with Gasteiger partial charge in [-0.15, -0.1) is 0 Å². The molecule has 5 aromatic rings. The van der Waals surface area contributed by atoms with Crippen LogP contribution in [0.4, 0.5) is 4.79 Å². The number of carbonyl (C=O) groups is 4. The first kappa shape index (κ1) is 45.5. The minimum Gasteiger partial charge on any atom is -0.471 e. The second kappa shape index (κ2) is 22.1. The smallest absolute Gasteiger partial charge is 0.404 e. The fraction of sp³-hybridized carbons (Fsp3) is 0.442. The van der Waals surface area contributed by atoms with E-state index in [0.717, 1.165) is 89.4 Å². The summed E-state index contributed by atoms with van der Waals surface area (Å²) in [5.74, 6) is 2.75. The molecular formula is C43H58N10O6. The fourth-order valence-corrected chi connectivity index (χ4v) is 7.11. The number of carbonyl (C=O) groups excluding carboxylic acids is 4. The number of H-pyrrole nitrogens is 2. The van der Waals surface area contributed by atoms with Crippen LogP contribution < -0.4 is 11.5 Å². The van der Waals surface area contributed by atoms with Gasteiger partial charge in [-0.1, -0.05) is 52.0 Å². The number of hydrogen-bond donors (Lipinski definition) is 4. The van der Waals surface area contributed by atoms with Gasteiger partial charge in [0.2, 0.25) is 11.8 Å². The monoisotopic (exact) mass is 810 g/mol. The summed E-state index contributed by atoms with van der Waals surface area (Å²) in [6, 6.07) is 12.7. The molecule has 2 aliphatic heterocycles. The van der Waals surface area contributed by atoms with Crippen molar-refractivity contribution < 1.29 is 28.7 Å². The Morgan fingerprint density at radius 3 is 1.63 bits per heavy atom. The first-order valence-electron chi connectivity index (χ1n) is 19.9. The maximum Gasteiger partial charge on any atom is 0.404 e. The van der Waals surface area contributed by atoms with Gasteiger partial charge in [-0.2, -0.15) is 0 Å². The molecule has 0 aliphatic carbocycles. The molecule has 2 atom stereocenters. The van der Waals surface area contributed by atoms with E-state index in [0.29, 0.717) is 36.8 Å². The van der Waals surface area contributed by atoms with Crippen molar-refractivity contribution in [1.82, 2.24) is 39.7 Å². The molecule has 16 heteroatoms. The van der Waals surface area contributed by atoms with E-state index < -0.39 is 6.09 Å². The Morgan fingerprint density at radius 2 is 1.17 bits per heavy atom. The van der Waals surface area contributed by atoms with Gasteiger partial charge in [0, 0.05) is 37.1 Å². The van der Waals surface area contributed by atoms with Gasteiger partial charge in [0.05, 0.1) is 68.2 Å². The number of nitrogens with zero attached hydrogens (tertiary/aromatic N) is 6. The van der Waals surface area contributed by atoms with Crippen LogP contribution in [0, 0.1) is 11.8 Å². The second-order valence-electron chi connectivity index (χ2n) is 15.0. The van der Waals surface area contributed by atoms with Crippen molar-refractivity contribution in [2.45, 2.75) is 78.3 Å². The Balaban J connectivity index is 0.000000627. The molecule has 0 bridgehead atoms. The number of aromatic nitrogens is 6. The molecule has 0 spiro atoms. The van der Waals surface area contributed by atoms with Crippen LogP contribution in [0.15, 0.2) is 61.2 Å². The summed E-state index contributed by atoms with van der Waals surface area (Å²) in [7, 11) is 4.04. The van der Waals surface area contributed by atoms with Gasteiger partial charge in [-0.25, -0.2) is 14.8 Å². The lowest BCUT2D eigenvalue weighted by molar-refractivity contribution is -0.133. The summed E-state index contributed by atoms with van der Waals surface area (Å²) in [4.78, 5) is 73.6. The van der Waals surface area contributed by atoms with Crippen molar-refractivity contribution >= 4 is 35.2 Å². The van der Waals surface area contributed by atoms with E-state index in [9.17, 15) is 14.4 Å². The SMILES string of the molecule is CC(C)CC(=O)N1CCC[C@H]1c1ncc(-c2ccc3cc(-c4cnc(-c5cnc([C@@H]6CCCN6C(=O)CC(C)C)[nH]5)cn4)ccc3c2)[nH]1.CN.COC(N)=O.COC=O. The average Bonchev–Trinajstić information content (AvgIpc) is 4.08. The highest BCUT2D eigenvalue weighted by Gasteiger charge is 2.33. The lowest BCUT2D eigenvalue weighted by Crippen LogP contribution is -2.31. The number of benzene rings is 2. The van der Waals surface area contributed by atoms with E-state index in [1.54, 1.807) is 18.6 Å². The normalized spacial score (nSPS) is 15.8. The Hall–Kier alpha value is -6.16. The van der Waals surface area contributed by atoms with E-state index in [1.807, 2.05) is 16.0 Å². The van der Waals surface area contributed by atoms with Gasteiger partial charge in [0.15, 0.2) is 0 Å². The second-order valence-corrected chi connectivity index (χ2v) is 15.0. The average molecular weight is 811 g/mol. The topological polar surface area (TPSA) is 228 Å². The number of primary amides is 1. The number of hydrogen-bond acceptors (Lipinski definition) is 11. The first-order valence-corrected chi connectivity index (χ1v) is 19.9. The Kier molecular flexibility index (Phi) is 17.1. The molecule has 2 saturated heterocycles. The number of amides is 3. The standard InChI is InChI=1S/C38H44N8O2.C2H5NO2.C2H4O2.CH5N/c1-23(2)15-35(47)45-13-5-7-33(45)37-41-20-30(43-37)28-12-10-25-17-27(11-9-26(25)18-28)29-19-40-31(21-39-29)32-22-42-38(44-32)34-8-6-14-46(34)36(48)16-24(3)4;1-5-2(3)4;1-4-2-3;1-2/h9-12,17-24,33-34H,5-8,13-16H2,1-4H3,(H,41,43)(H,42,44);1H3,(H2,3,4);2H,1H3;2H2,1H3/t33-,34-;;;/m0.../s1. The van der Waals surface area contributed by atoms with Gasteiger partial charge in [0.25, 0.3) is 6.47 Å². The van der Waals surface area contributed by atoms with Gasteiger partial charge < -0.3 is 40.7 Å². The van der Waals surface area contributed by atoms with Crippen molar-refractivity contribution in [3.05, 3.63) is 72.8 Å². The maximum atomic E-state index is 12.8. The molecule has 0 saturated carbocycles. The Bertz CT molecular complexity index is 2130. The van der Waals surface area contributed by atoms with Gasteiger partial charge in [0.1, 0.15) is 17.3 Å². The molecule has 2 fully saturated rings. The number of rotatable bonds is 10. The number of nitrogens with two attached hydrogens (primary N) is 2. The summed E-state index contributed by atoms with van der Waals surface area (Å²) in [6.07, 6.45) is 11.4. The Labute approximate surface area is 345 Å². The molecule has 316 valence electrons. The number of nitrogens with one attached hydrogen (secondary N) is 2. The van der Waals surface area contributed by atoms with Crippen molar-refractivity contribution in [3.63, 3.8) is 0 Å². The third-order valence-corrected chi connectivity index (χ3v) is 9.81. The van der Waals surface area contributed by atoms with Crippen molar-refractivity contribution in [2.24, 2.45) is 23.3 Å². The highest BCUT2D eigenvalue weighted by Crippen LogP contribution is 2.35. The highest BCUT2D eigenvalue weighted by atomic mass is 16.5. The van der Waals surface area contributed by atoms with Crippen LogP contribution in [0.5, 0.6) is 0 Å². The number of aromatic amines is 2. The minimum absolute atomic E-state index is 0.0127. The molecule has 0 unspecified atom stereocenters. The summed E-state index contributed by atoms with van der Waals surface area (Å²) in [5.41, 5.74) is 14.2.